The summed E-state index contributed by atoms with van der Waals surface area (Å²) < 4.78 is 74.7. The second kappa shape index (κ2) is 12.3. The molecule has 40 heavy (non-hydrogen) atoms. The van der Waals surface area contributed by atoms with Crippen molar-refractivity contribution < 1.29 is 34.9 Å². The molecule has 0 fully saturated rings. The van der Waals surface area contributed by atoms with Gasteiger partial charge < -0.3 is 23.3 Å². The molecule has 0 spiro atoms. The van der Waals surface area contributed by atoms with Crippen LogP contribution in [0.1, 0.15) is 25.7 Å². The highest BCUT2D eigenvalue weighted by Crippen LogP contribution is 2.45. The molecule has 15 heteroatoms. The Kier molecular flexibility index (Phi) is 9.40. The molecule has 10 nitrogen and oxygen atoms in total. The van der Waals surface area contributed by atoms with E-state index in [2.05, 4.69) is 0 Å². The summed E-state index contributed by atoms with van der Waals surface area (Å²) in [6.07, 6.45) is 5.38. The summed E-state index contributed by atoms with van der Waals surface area (Å²) in [5.74, 6) is 0.0453. The van der Waals surface area contributed by atoms with Crippen molar-refractivity contribution in [1.82, 2.24) is 0 Å². The predicted octanol–water partition coefficient (Wildman–Crippen LogP) is 4.75. The van der Waals surface area contributed by atoms with Crippen molar-refractivity contribution >= 4 is 83.6 Å². The lowest BCUT2D eigenvalue weighted by atomic mass is 10.2. The summed E-state index contributed by atoms with van der Waals surface area (Å²) in [4.78, 5) is 3.83. The Morgan fingerprint density at radius 3 is 2.17 bits per heavy atom. The first kappa shape index (κ1) is 30.6. The van der Waals surface area contributed by atoms with Crippen molar-refractivity contribution in [3.05, 3.63) is 69.3 Å². The molecule has 2 aromatic carbocycles. The van der Waals surface area contributed by atoms with E-state index >= 15 is 0 Å². The number of nitrogens with zero attached hydrogens (tertiary/aromatic N) is 3. The van der Waals surface area contributed by atoms with Crippen LogP contribution >= 0.6 is 34.8 Å². The van der Waals surface area contributed by atoms with Gasteiger partial charge in [0, 0.05) is 42.1 Å². The van der Waals surface area contributed by atoms with Crippen LogP contribution in [0.3, 0.4) is 0 Å². The Balaban J connectivity index is 1.71. The Hall–Kier alpha value is -2.32. The monoisotopic (exact) mass is 648 g/mol. The third-order valence-corrected chi connectivity index (χ3v) is 8.73. The number of aromatic nitrogens is 1. The van der Waals surface area contributed by atoms with Gasteiger partial charge >= 0.3 is 5.89 Å². The second-order valence-electron chi connectivity index (χ2n) is 8.97. The number of allylic oxidation sites excluding steroid dienone is 2. The normalized spacial score (nSPS) is 15.2. The summed E-state index contributed by atoms with van der Waals surface area (Å²) in [6.45, 7) is 2.92. The lowest BCUT2D eigenvalue weighted by Crippen LogP contribution is -2.36. The van der Waals surface area contributed by atoms with Crippen LogP contribution in [0.15, 0.2) is 52.7 Å². The highest BCUT2D eigenvalue weighted by Gasteiger charge is 2.31. The van der Waals surface area contributed by atoms with E-state index in [1.165, 1.54) is 0 Å². The van der Waals surface area contributed by atoms with Gasteiger partial charge in [0.15, 0.2) is 6.54 Å². The SMILES string of the molecule is CCN1C(=CC=Cc2oc3ccc(Cl)cc3[n+]2CCCS(=O)(=O)[O-])N(CCCS(=O)(=O)[O-])c2cc(Cl)c(Cl)cc21. The Bertz CT molecular complexity index is 1700. The molecule has 216 valence electrons. The van der Waals surface area contributed by atoms with Crippen molar-refractivity contribution in [2.24, 2.45) is 0 Å². The van der Waals surface area contributed by atoms with Crippen LogP contribution in [-0.2, 0) is 26.8 Å². The van der Waals surface area contributed by atoms with E-state index in [0.717, 1.165) is 5.69 Å². The standard InChI is InChI=1S/C25H26Cl3N3O7S2/c1-2-29-20-15-18(27)19(28)16-21(20)30(10-4-12-39(32,33)34)24(29)6-3-7-25-31(11-5-13-40(35,36)37)22-14-17(26)8-9-23(22)38-25/h3,6-9,14-16H,2,4-5,10-13H2,1H3,(H-,32,33,34,35,36,37)/p-1. The fraction of sp³-hybridized carbons (Fsp3) is 0.320. The molecule has 0 radical (unpaired) electrons. The van der Waals surface area contributed by atoms with E-state index in [1.54, 1.807) is 53.1 Å². The molecule has 0 N–H and O–H groups in total. The van der Waals surface area contributed by atoms with E-state index in [-0.39, 0.29) is 25.9 Å². The van der Waals surface area contributed by atoms with Crippen LogP contribution in [0.2, 0.25) is 15.1 Å². The average Bonchev–Trinajstić information content (AvgIpc) is 3.32. The number of oxazole rings is 1. The van der Waals surface area contributed by atoms with Crippen LogP contribution in [0, 0.1) is 0 Å². The maximum atomic E-state index is 11.2. The third-order valence-electron chi connectivity index (χ3n) is 6.20. The average molecular weight is 650 g/mol. The minimum absolute atomic E-state index is 0.0798. The first-order valence-electron chi connectivity index (χ1n) is 12.2. The van der Waals surface area contributed by atoms with Gasteiger partial charge in [-0.2, -0.15) is 4.57 Å². The van der Waals surface area contributed by atoms with Crippen LogP contribution in [-0.4, -0.2) is 50.5 Å². The second-order valence-corrected chi connectivity index (χ2v) is 13.3. The molecule has 1 aliphatic heterocycles. The van der Waals surface area contributed by atoms with Crippen molar-refractivity contribution in [2.45, 2.75) is 26.3 Å². The molecule has 1 aromatic heterocycles. The number of halogens is 3. The predicted molar refractivity (Wildman–Crippen MR) is 154 cm³/mol. The summed E-state index contributed by atoms with van der Waals surface area (Å²) in [5.41, 5.74) is 2.64. The van der Waals surface area contributed by atoms with Crippen molar-refractivity contribution in [2.75, 3.05) is 34.4 Å². The third kappa shape index (κ3) is 7.30. The molecule has 0 saturated heterocycles. The smallest absolute Gasteiger partial charge is 0.374 e. The van der Waals surface area contributed by atoms with E-state index in [0.29, 0.717) is 50.1 Å². The van der Waals surface area contributed by atoms with E-state index in [4.69, 9.17) is 39.2 Å². The van der Waals surface area contributed by atoms with Crippen molar-refractivity contribution in [1.29, 1.82) is 0 Å². The zero-order valence-electron chi connectivity index (χ0n) is 21.2. The van der Waals surface area contributed by atoms with Gasteiger partial charge in [-0.25, -0.2) is 16.8 Å². The number of aryl methyl sites for hydroxylation is 1. The van der Waals surface area contributed by atoms with Gasteiger partial charge in [0.05, 0.1) is 47.7 Å². The molecule has 0 saturated carbocycles. The van der Waals surface area contributed by atoms with E-state index < -0.39 is 31.7 Å². The Morgan fingerprint density at radius 2 is 1.55 bits per heavy atom. The maximum Gasteiger partial charge on any atom is 0.374 e. The summed E-state index contributed by atoms with van der Waals surface area (Å²) in [7, 11) is -8.77. The van der Waals surface area contributed by atoms with Gasteiger partial charge in [-0.05, 0) is 49.8 Å². The molecular formula is C25H25Cl3N3O7S2-. The molecule has 0 atom stereocenters. The van der Waals surface area contributed by atoms with E-state index in [1.807, 2.05) is 16.7 Å². The highest BCUT2D eigenvalue weighted by molar-refractivity contribution is 7.85. The van der Waals surface area contributed by atoms with Crippen LogP contribution in [0.25, 0.3) is 17.2 Å². The molecule has 0 bridgehead atoms. The summed E-state index contributed by atoms with van der Waals surface area (Å²) in [5, 5.41) is 1.16. The highest BCUT2D eigenvalue weighted by atomic mass is 35.5. The van der Waals surface area contributed by atoms with Crippen LogP contribution in [0.5, 0.6) is 0 Å². The number of fused-ring (bicyclic) bond motifs is 2. The quantitative estimate of drug-likeness (QED) is 0.213. The number of anilines is 2. The van der Waals surface area contributed by atoms with Crippen LogP contribution < -0.4 is 14.4 Å². The molecule has 2 heterocycles. The zero-order chi connectivity index (χ0) is 29.2. The topological polar surface area (TPSA) is 138 Å². The largest absolute Gasteiger partial charge is 0.748 e. The number of hydrogen-bond donors (Lipinski definition) is 0. The molecule has 0 amide bonds. The zero-order valence-corrected chi connectivity index (χ0v) is 25.1. The van der Waals surface area contributed by atoms with Gasteiger partial charge in [-0.3, -0.25) is 0 Å². The van der Waals surface area contributed by atoms with Gasteiger partial charge in [0.1, 0.15) is 5.82 Å². The minimum Gasteiger partial charge on any atom is -0.748 e. The van der Waals surface area contributed by atoms with Crippen molar-refractivity contribution in [3.63, 3.8) is 0 Å². The first-order chi connectivity index (χ1) is 18.8. The number of rotatable bonds is 11. The van der Waals surface area contributed by atoms with Gasteiger partial charge in [0.25, 0.3) is 5.52 Å². The number of hydrogen-bond acceptors (Lipinski definition) is 9. The maximum absolute atomic E-state index is 11.2. The fourth-order valence-electron chi connectivity index (χ4n) is 4.54. The minimum atomic E-state index is -4.39. The molecule has 3 aromatic rings. The fourth-order valence-corrected chi connectivity index (χ4v) is 5.99. The molecular weight excluding hydrogens is 625 g/mol. The molecule has 1 aliphatic rings. The molecule has 4 rings (SSSR count). The molecule has 0 aliphatic carbocycles. The van der Waals surface area contributed by atoms with Gasteiger partial charge in [-0.1, -0.05) is 34.8 Å². The lowest BCUT2D eigenvalue weighted by molar-refractivity contribution is -0.677. The van der Waals surface area contributed by atoms with Crippen LogP contribution in [0.4, 0.5) is 11.4 Å². The van der Waals surface area contributed by atoms with Gasteiger partial charge in [0.2, 0.25) is 5.58 Å². The lowest BCUT2D eigenvalue weighted by Gasteiger charge is -2.24. The Labute approximate surface area is 247 Å². The summed E-state index contributed by atoms with van der Waals surface area (Å²) in [6, 6.07) is 8.47. The first-order valence-corrected chi connectivity index (χ1v) is 16.5. The molecule has 0 unspecified atom stereocenters. The van der Waals surface area contributed by atoms with Crippen molar-refractivity contribution in [3.8, 4) is 0 Å². The summed E-state index contributed by atoms with van der Waals surface area (Å²) >= 11 is 18.7. The number of benzene rings is 2. The Morgan fingerprint density at radius 1 is 0.925 bits per heavy atom. The van der Waals surface area contributed by atoms with Gasteiger partial charge in [-0.15, -0.1) is 0 Å². The van der Waals surface area contributed by atoms with E-state index in [9.17, 15) is 25.9 Å².